The van der Waals surface area contributed by atoms with E-state index in [1.807, 2.05) is 0 Å². The molecule has 1 amide bonds. The third kappa shape index (κ3) is 2.99. The summed E-state index contributed by atoms with van der Waals surface area (Å²) in [5, 5.41) is 12.6. The molecule has 2 rings (SSSR count). The van der Waals surface area contributed by atoms with Crippen molar-refractivity contribution in [3.8, 4) is 0 Å². The Bertz CT molecular complexity index is 576. The summed E-state index contributed by atoms with van der Waals surface area (Å²) >= 11 is 0. The average Bonchev–Trinajstić information content (AvgIpc) is 2.42. The van der Waals surface area contributed by atoms with Crippen molar-refractivity contribution >= 4 is 17.6 Å². The van der Waals surface area contributed by atoms with Gasteiger partial charge in [-0.2, -0.15) is 0 Å². The number of anilines is 1. The van der Waals surface area contributed by atoms with E-state index >= 15 is 0 Å². The van der Waals surface area contributed by atoms with E-state index in [1.165, 1.54) is 12.1 Å². The number of carbonyl (C=O) groups excluding carboxylic acids is 1. The maximum absolute atomic E-state index is 13.2. The largest absolute Gasteiger partial charge is 0.481 e. The van der Waals surface area contributed by atoms with Crippen LogP contribution in [0.2, 0.25) is 0 Å². The number of hydrogen-bond donors (Lipinski definition) is 3. The molecule has 0 aliphatic heterocycles. The Balaban J connectivity index is 2.32. The lowest BCUT2D eigenvalue weighted by Gasteiger charge is -2.39. The van der Waals surface area contributed by atoms with Crippen LogP contribution in [0.25, 0.3) is 0 Å². The molecular formula is C15H19FN2O3. The van der Waals surface area contributed by atoms with Crippen LogP contribution in [0, 0.1) is 11.2 Å². The normalized spacial score (nSPS) is 25.3. The van der Waals surface area contributed by atoms with Crippen molar-refractivity contribution in [2.75, 3.05) is 5.32 Å². The topological polar surface area (TPSA) is 92.4 Å². The van der Waals surface area contributed by atoms with E-state index in [0.29, 0.717) is 18.5 Å². The number of benzene rings is 1. The number of carboxylic acids is 1. The minimum atomic E-state index is -0.915. The van der Waals surface area contributed by atoms with Crippen LogP contribution in [-0.2, 0) is 4.79 Å². The summed E-state index contributed by atoms with van der Waals surface area (Å²) in [6.45, 7) is 1.69. The Morgan fingerprint density at radius 1 is 1.43 bits per heavy atom. The number of rotatable bonds is 4. The summed E-state index contributed by atoms with van der Waals surface area (Å²) in [5.74, 6) is -2.17. The van der Waals surface area contributed by atoms with Gasteiger partial charge in [0.2, 0.25) is 0 Å². The lowest BCUT2D eigenvalue weighted by molar-refractivity contribution is -0.150. The second-order valence-corrected chi connectivity index (χ2v) is 5.72. The Hall–Kier alpha value is -2.11. The summed E-state index contributed by atoms with van der Waals surface area (Å²) < 4.78 is 13.2. The first kappa shape index (κ1) is 15.3. The van der Waals surface area contributed by atoms with E-state index < -0.39 is 23.1 Å². The smallest absolute Gasteiger partial charge is 0.311 e. The van der Waals surface area contributed by atoms with Crippen LogP contribution in [0.15, 0.2) is 18.2 Å². The number of carbonyl (C=O) groups is 2. The van der Waals surface area contributed by atoms with Crippen LogP contribution >= 0.6 is 0 Å². The molecule has 1 aliphatic carbocycles. The van der Waals surface area contributed by atoms with Gasteiger partial charge in [-0.3, -0.25) is 9.59 Å². The molecule has 114 valence electrons. The van der Waals surface area contributed by atoms with E-state index in [9.17, 15) is 19.1 Å². The summed E-state index contributed by atoms with van der Waals surface area (Å²) in [6, 6.07) is 3.38. The maximum atomic E-state index is 13.2. The minimum Gasteiger partial charge on any atom is -0.481 e. The van der Waals surface area contributed by atoms with Crippen LogP contribution in [0.3, 0.4) is 0 Å². The molecule has 4 N–H and O–H groups in total. The molecule has 0 saturated heterocycles. The SMILES string of the molecule is CC1(C(=O)O)CCCCC1Nc1ccc(F)cc1C(N)=O. The quantitative estimate of drug-likeness (QED) is 0.795. The van der Waals surface area contributed by atoms with Gasteiger partial charge < -0.3 is 16.2 Å². The van der Waals surface area contributed by atoms with Crippen molar-refractivity contribution in [2.24, 2.45) is 11.1 Å². The molecule has 0 radical (unpaired) electrons. The molecule has 1 fully saturated rings. The van der Waals surface area contributed by atoms with Gasteiger partial charge in [0.05, 0.1) is 11.0 Å². The monoisotopic (exact) mass is 294 g/mol. The molecule has 21 heavy (non-hydrogen) atoms. The van der Waals surface area contributed by atoms with Crippen molar-refractivity contribution in [1.82, 2.24) is 0 Å². The molecule has 2 atom stereocenters. The molecule has 1 aromatic carbocycles. The third-order valence-electron chi connectivity index (χ3n) is 4.27. The predicted octanol–water partition coefficient (Wildman–Crippen LogP) is 2.37. The number of carboxylic acid groups (broad SMARTS) is 1. The van der Waals surface area contributed by atoms with Crippen LogP contribution in [0.4, 0.5) is 10.1 Å². The number of amides is 1. The number of aliphatic carboxylic acids is 1. The maximum Gasteiger partial charge on any atom is 0.311 e. The van der Waals surface area contributed by atoms with Crippen LogP contribution in [0.5, 0.6) is 0 Å². The molecule has 1 aliphatic rings. The van der Waals surface area contributed by atoms with Gasteiger partial charge in [0.1, 0.15) is 5.82 Å². The van der Waals surface area contributed by atoms with Crippen molar-refractivity contribution in [3.05, 3.63) is 29.6 Å². The van der Waals surface area contributed by atoms with Gasteiger partial charge >= 0.3 is 5.97 Å². The Morgan fingerprint density at radius 2 is 2.14 bits per heavy atom. The lowest BCUT2D eigenvalue weighted by Crippen LogP contribution is -2.46. The average molecular weight is 294 g/mol. The fourth-order valence-corrected chi connectivity index (χ4v) is 2.85. The van der Waals surface area contributed by atoms with Crippen molar-refractivity contribution < 1.29 is 19.1 Å². The highest BCUT2D eigenvalue weighted by atomic mass is 19.1. The minimum absolute atomic E-state index is 0.0355. The van der Waals surface area contributed by atoms with Crippen LogP contribution in [0.1, 0.15) is 43.0 Å². The first-order chi connectivity index (χ1) is 9.84. The summed E-state index contributed by atoms with van der Waals surface area (Å²) in [5.41, 5.74) is 4.75. The van der Waals surface area contributed by atoms with Crippen LogP contribution in [-0.4, -0.2) is 23.0 Å². The van der Waals surface area contributed by atoms with Gasteiger partial charge in [-0.1, -0.05) is 12.8 Å². The first-order valence-corrected chi connectivity index (χ1v) is 6.94. The van der Waals surface area contributed by atoms with Gasteiger partial charge in [-0.05, 0) is 38.0 Å². The van der Waals surface area contributed by atoms with E-state index in [-0.39, 0.29) is 11.6 Å². The first-order valence-electron chi connectivity index (χ1n) is 6.94. The van der Waals surface area contributed by atoms with E-state index in [4.69, 9.17) is 5.73 Å². The van der Waals surface area contributed by atoms with Gasteiger partial charge in [0, 0.05) is 11.7 Å². The number of primary amides is 1. The van der Waals surface area contributed by atoms with E-state index in [0.717, 1.165) is 18.9 Å². The highest BCUT2D eigenvalue weighted by Gasteiger charge is 2.43. The zero-order chi connectivity index (χ0) is 15.6. The van der Waals surface area contributed by atoms with Gasteiger partial charge in [0.25, 0.3) is 5.91 Å². The second-order valence-electron chi connectivity index (χ2n) is 5.72. The molecule has 2 unspecified atom stereocenters. The van der Waals surface area contributed by atoms with Crippen molar-refractivity contribution in [3.63, 3.8) is 0 Å². The summed E-state index contributed by atoms with van der Waals surface area (Å²) in [7, 11) is 0. The molecule has 1 aromatic rings. The number of nitrogens with one attached hydrogen (secondary N) is 1. The molecule has 0 aromatic heterocycles. The van der Waals surface area contributed by atoms with Crippen LogP contribution < -0.4 is 11.1 Å². The number of nitrogens with two attached hydrogens (primary N) is 1. The summed E-state index contributed by atoms with van der Waals surface area (Å²) in [4.78, 5) is 23.0. The molecule has 0 spiro atoms. The van der Waals surface area contributed by atoms with E-state index in [1.54, 1.807) is 6.92 Å². The lowest BCUT2D eigenvalue weighted by atomic mass is 9.71. The van der Waals surface area contributed by atoms with Gasteiger partial charge in [-0.25, -0.2) is 4.39 Å². The summed E-state index contributed by atoms with van der Waals surface area (Å²) in [6.07, 6.45) is 3.01. The molecule has 0 heterocycles. The van der Waals surface area contributed by atoms with Crippen molar-refractivity contribution in [1.29, 1.82) is 0 Å². The Labute approximate surface area is 122 Å². The highest BCUT2D eigenvalue weighted by Crippen LogP contribution is 2.38. The van der Waals surface area contributed by atoms with Gasteiger partial charge in [0.15, 0.2) is 0 Å². The number of hydrogen-bond acceptors (Lipinski definition) is 3. The molecule has 6 heteroatoms. The zero-order valence-corrected chi connectivity index (χ0v) is 11.9. The highest BCUT2D eigenvalue weighted by molar-refractivity contribution is 5.98. The Morgan fingerprint density at radius 3 is 2.76 bits per heavy atom. The molecule has 1 saturated carbocycles. The van der Waals surface area contributed by atoms with Crippen molar-refractivity contribution in [2.45, 2.75) is 38.6 Å². The van der Waals surface area contributed by atoms with Gasteiger partial charge in [-0.15, -0.1) is 0 Å². The second kappa shape index (κ2) is 5.71. The Kier molecular flexibility index (Phi) is 4.16. The standard InChI is InChI=1S/C15H19FN2O3/c1-15(14(20)21)7-3-2-4-12(15)18-11-6-5-9(16)8-10(11)13(17)19/h5-6,8,12,18H,2-4,7H2,1H3,(H2,17,19)(H,20,21). The molecular weight excluding hydrogens is 275 g/mol. The molecule has 5 nitrogen and oxygen atoms in total. The third-order valence-corrected chi connectivity index (χ3v) is 4.27. The van der Waals surface area contributed by atoms with E-state index in [2.05, 4.69) is 5.32 Å². The number of halogens is 1. The fourth-order valence-electron chi connectivity index (χ4n) is 2.85. The zero-order valence-electron chi connectivity index (χ0n) is 11.9. The molecule has 0 bridgehead atoms. The fraction of sp³-hybridized carbons (Fsp3) is 0.467. The predicted molar refractivity (Wildman–Crippen MR) is 76.5 cm³/mol.